The molecule has 0 atom stereocenters. The van der Waals surface area contributed by atoms with Gasteiger partial charge in [0, 0.05) is 119 Å². The average Bonchev–Trinajstić information content (AvgIpc) is 1.51. The third-order valence-corrected chi connectivity index (χ3v) is 21.4. The van der Waals surface area contributed by atoms with Crippen molar-refractivity contribution in [3.05, 3.63) is 267 Å². The van der Waals surface area contributed by atoms with Crippen LogP contribution in [-0.4, -0.2) is 26.7 Å². The minimum Gasteiger partial charge on any atom is -0.309 e. The van der Waals surface area contributed by atoms with Crippen molar-refractivity contribution in [1.82, 2.24) is 26.7 Å². The summed E-state index contributed by atoms with van der Waals surface area (Å²) in [4.78, 5) is 0. The highest BCUT2D eigenvalue weighted by atomic mass is 15.0. The lowest BCUT2D eigenvalue weighted by atomic mass is 9.99. The van der Waals surface area contributed by atoms with E-state index in [0.29, 0.717) is 0 Å². The van der Waals surface area contributed by atoms with Crippen LogP contribution < -0.4 is 0 Å². The molecule has 0 aliphatic carbocycles. The Bertz CT molecular complexity index is 7380. The van der Waals surface area contributed by atoms with Gasteiger partial charge in [-0.1, -0.05) is 176 Å². The molecule has 14 aromatic carbocycles. The lowest BCUT2D eigenvalue weighted by Crippen LogP contribution is -1.95. The minimum atomic E-state index is 1.14. The van der Waals surface area contributed by atoms with Crippen molar-refractivity contribution in [2.24, 2.45) is 0 Å². The number of hydrogen-bond donors (Lipinski definition) is 0. The molecule has 410 valence electrons. The Labute approximate surface area is 509 Å². The zero-order chi connectivity index (χ0) is 57.7. The molecule has 0 amide bonds. The molecular weight excluding hydrogens is 1090 g/mol. The third-order valence-electron chi connectivity index (χ3n) is 21.4. The van der Waals surface area contributed by atoms with Gasteiger partial charge in [0.05, 0.1) is 88.3 Å². The van der Waals surface area contributed by atoms with Gasteiger partial charge in [-0.3, -0.25) is 0 Å². The van der Waals surface area contributed by atoms with E-state index in [1.807, 2.05) is 0 Å². The molecule has 0 radical (unpaired) electrons. The molecule has 0 spiro atoms. The fourth-order valence-electron chi connectivity index (χ4n) is 18.2. The van der Waals surface area contributed by atoms with Crippen molar-refractivity contribution in [2.45, 2.75) is 0 Å². The first-order valence-electron chi connectivity index (χ1n) is 31.3. The molecule has 0 aliphatic rings. The number of rotatable bonds is 3. The first-order chi connectivity index (χ1) is 44.7. The predicted molar refractivity (Wildman–Crippen MR) is 379 cm³/mol. The van der Waals surface area contributed by atoms with E-state index in [1.165, 1.54) is 213 Å². The quantitative estimate of drug-likeness (QED) is 0.169. The maximum Gasteiger partial charge on any atom is 0.0641 e. The standard InChI is InChI=1S/C84H44N6/c1-2-18-47(19-3-1)85-64-32-11-6-23-53(64)73-67(85)39-40-68-74(73)56-26-15-27-57-75-71(89(68)80(56)57)44-61-51-36-35-46(42-70(51)88-66-34-13-8-25-55(66)79(75)84(61)88)45-17-14-20-48(41-45)86-62-30-9-4-21-49(62)52-37-38-69-77(82(52)86)59-29-16-28-58-76-72(90(69)81(58)59)43-60-50-22-5-10-31-63(50)87-65-33-12-7-24-54(65)78(76)83(60)87/h1-44H. The fraction of sp³-hybridized carbons (Fsp3) is 0. The fourth-order valence-corrected chi connectivity index (χ4v) is 18.2. The summed E-state index contributed by atoms with van der Waals surface area (Å²) < 4.78 is 15.3. The van der Waals surface area contributed by atoms with Crippen LogP contribution in [0.2, 0.25) is 0 Å². The first kappa shape index (κ1) is 45.2. The highest BCUT2D eigenvalue weighted by Gasteiger charge is 2.30. The lowest BCUT2D eigenvalue weighted by molar-refractivity contribution is 1.18. The SMILES string of the molecule is c1ccc(-n2c3ccccc3c3c4c5cccc6c7c8c9ccccc9n9c%10cc(-c%11cccc(-n%12c%13ccccc%13c%13ccc%14c(c%15cccc%16c%17c%18c%19ccccc%19n%19c%20ccccc%20c(cc%17n%14c%16%15)c%18%19)c%13%12)c%11)ccc%10c(cc7n(c4ccc32)c56)c89)cc1. The Balaban J connectivity index is 0.739. The topological polar surface area (TPSA) is 27.5 Å². The molecule has 0 saturated heterocycles. The van der Waals surface area contributed by atoms with E-state index in [1.54, 1.807) is 0 Å². The van der Waals surface area contributed by atoms with Crippen molar-refractivity contribution in [3.63, 3.8) is 0 Å². The summed E-state index contributed by atoms with van der Waals surface area (Å²) in [6.07, 6.45) is 0. The molecule has 24 rings (SSSR count). The summed E-state index contributed by atoms with van der Waals surface area (Å²) >= 11 is 0. The van der Waals surface area contributed by atoms with Gasteiger partial charge in [0.25, 0.3) is 0 Å². The van der Waals surface area contributed by atoms with Gasteiger partial charge >= 0.3 is 0 Å². The summed E-state index contributed by atoms with van der Waals surface area (Å²) in [6.45, 7) is 0. The van der Waals surface area contributed by atoms with Crippen LogP contribution in [0.25, 0.3) is 218 Å². The Hall–Kier alpha value is -12.1. The monoisotopic (exact) mass is 1140 g/mol. The normalized spacial score (nSPS) is 13.1. The molecule has 10 heterocycles. The number of para-hydroxylation sites is 8. The van der Waals surface area contributed by atoms with Crippen molar-refractivity contribution in [1.29, 1.82) is 0 Å². The summed E-state index contributed by atoms with van der Waals surface area (Å²) in [5.74, 6) is 0. The molecule has 6 heteroatoms. The van der Waals surface area contributed by atoms with Gasteiger partial charge in [0.1, 0.15) is 0 Å². The van der Waals surface area contributed by atoms with Crippen molar-refractivity contribution in [3.8, 4) is 22.5 Å². The third kappa shape index (κ3) is 4.99. The van der Waals surface area contributed by atoms with Gasteiger partial charge in [-0.15, -0.1) is 0 Å². The molecule has 0 unspecified atom stereocenters. The van der Waals surface area contributed by atoms with E-state index in [4.69, 9.17) is 0 Å². The van der Waals surface area contributed by atoms with E-state index in [9.17, 15) is 0 Å². The van der Waals surface area contributed by atoms with Gasteiger partial charge in [-0.2, -0.15) is 0 Å². The maximum absolute atomic E-state index is 2.60. The summed E-state index contributed by atoms with van der Waals surface area (Å²) in [6, 6.07) is 101. The van der Waals surface area contributed by atoms with Crippen LogP contribution in [0.5, 0.6) is 0 Å². The smallest absolute Gasteiger partial charge is 0.0641 e. The Morgan fingerprint density at radius 1 is 0.156 bits per heavy atom. The van der Waals surface area contributed by atoms with Crippen LogP contribution in [0, 0.1) is 0 Å². The van der Waals surface area contributed by atoms with E-state index in [2.05, 4.69) is 294 Å². The predicted octanol–water partition coefficient (Wildman–Crippen LogP) is 22.1. The summed E-state index contributed by atoms with van der Waals surface area (Å²) in [5, 5.41) is 25.8. The molecule has 0 bridgehead atoms. The number of hydrogen-bond acceptors (Lipinski definition) is 0. The molecule has 0 N–H and O–H groups in total. The van der Waals surface area contributed by atoms with Gasteiger partial charge in [0.2, 0.25) is 0 Å². The zero-order valence-corrected chi connectivity index (χ0v) is 48.1. The van der Waals surface area contributed by atoms with Gasteiger partial charge in [-0.05, 0) is 102 Å². The van der Waals surface area contributed by atoms with Crippen molar-refractivity contribution in [2.75, 3.05) is 0 Å². The van der Waals surface area contributed by atoms with Gasteiger partial charge < -0.3 is 26.7 Å². The van der Waals surface area contributed by atoms with Gasteiger partial charge in [-0.25, -0.2) is 0 Å². The number of benzene rings is 14. The maximum atomic E-state index is 2.60. The van der Waals surface area contributed by atoms with E-state index in [-0.39, 0.29) is 0 Å². The van der Waals surface area contributed by atoms with Crippen LogP contribution in [-0.2, 0) is 0 Å². The van der Waals surface area contributed by atoms with Crippen molar-refractivity contribution >= 4 is 196 Å². The second kappa shape index (κ2) is 15.3. The largest absolute Gasteiger partial charge is 0.309 e. The Kier molecular flexibility index (Phi) is 7.71. The van der Waals surface area contributed by atoms with Crippen LogP contribution in [0.3, 0.4) is 0 Å². The summed E-state index contributed by atoms with van der Waals surface area (Å²) in [7, 11) is 0. The number of aromatic nitrogens is 6. The summed E-state index contributed by atoms with van der Waals surface area (Å²) in [5.41, 5.74) is 24.6. The molecule has 6 nitrogen and oxygen atoms in total. The zero-order valence-electron chi connectivity index (χ0n) is 48.1. The van der Waals surface area contributed by atoms with Gasteiger partial charge in [0.15, 0.2) is 0 Å². The van der Waals surface area contributed by atoms with Crippen LogP contribution in [0.15, 0.2) is 267 Å². The van der Waals surface area contributed by atoms with Crippen molar-refractivity contribution < 1.29 is 0 Å². The van der Waals surface area contributed by atoms with Crippen LogP contribution in [0.1, 0.15) is 0 Å². The Morgan fingerprint density at radius 3 is 1.20 bits per heavy atom. The first-order valence-corrected chi connectivity index (χ1v) is 31.3. The molecule has 0 saturated carbocycles. The molecule has 0 fully saturated rings. The minimum absolute atomic E-state index is 1.14. The molecular formula is C84H44N6. The van der Waals surface area contributed by atoms with Crippen LogP contribution >= 0.6 is 0 Å². The molecule has 0 aliphatic heterocycles. The Morgan fingerprint density at radius 2 is 0.556 bits per heavy atom. The molecule has 10 aromatic heterocycles. The number of nitrogens with zero attached hydrogens (tertiary/aromatic N) is 6. The van der Waals surface area contributed by atoms with Crippen LogP contribution in [0.4, 0.5) is 0 Å². The highest BCUT2D eigenvalue weighted by molar-refractivity contribution is 6.42. The van der Waals surface area contributed by atoms with E-state index in [0.717, 1.165) is 5.69 Å². The second-order valence-electron chi connectivity index (χ2n) is 25.4. The molecule has 24 aromatic rings. The number of fused-ring (bicyclic) bond motifs is 34. The lowest BCUT2D eigenvalue weighted by Gasteiger charge is -2.12. The molecule has 90 heavy (non-hydrogen) atoms. The van der Waals surface area contributed by atoms with E-state index >= 15 is 0 Å². The second-order valence-corrected chi connectivity index (χ2v) is 25.4. The highest BCUT2D eigenvalue weighted by Crippen LogP contribution is 2.53. The average molecular weight is 1140 g/mol. The van der Waals surface area contributed by atoms with E-state index < -0.39 is 0 Å².